The van der Waals surface area contributed by atoms with Gasteiger partial charge >= 0.3 is 0 Å². The molecule has 11 heavy (non-hydrogen) atoms. The number of nitrogens with zero attached hydrogens (tertiary/aromatic N) is 1. The number of nitrogens with two attached hydrogens (primary N) is 1. The average molecular weight is 177 g/mol. The third-order valence-corrected chi connectivity index (χ3v) is 1.54. The molecule has 0 aliphatic carbocycles. The van der Waals surface area contributed by atoms with Crippen LogP contribution in [0, 0.1) is 13.8 Å². The molecule has 0 aliphatic heterocycles. The zero-order valence-corrected chi connectivity index (χ0v) is 7.73. The number of hydrogen-bond acceptors (Lipinski definition) is 3. The van der Waals surface area contributed by atoms with Crippen LogP contribution in [-0.4, -0.2) is 5.16 Å². The summed E-state index contributed by atoms with van der Waals surface area (Å²) in [5.41, 5.74) is 7.58. The molecule has 0 fully saturated rings. The summed E-state index contributed by atoms with van der Waals surface area (Å²) < 4.78 is 4.93. The largest absolute Gasteiger partial charge is 0.361 e. The molecular formula is C7H13ClN2O. The summed E-state index contributed by atoms with van der Waals surface area (Å²) in [6.45, 7) is 5.69. The third-order valence-electron chi connectivity index (χ3n) is 1.54. The summed E-state index contributed by atoms with van der Waals surface area (Å²) in [4.78, 5) is 0. The van der Waals surface area contributed by atoms with Crippen LogP contribution in [-0.2, 0) is 0 Å². The summed E-state index contributed by atoms with van der Waals surface area (Å²) in [5, 5.41) is 3.78. The molecule has 0 amide bonds. The Kier molecular flexibility index (Phi) is 3.55. The summed E-state index contributed by atoms with van der Waals surface area (Å²) in [5.74, 6) is 0.826. The maximum Gasteiger partial charge on any atom is 0.138 e. The van der Waals surface area contributed by atoms with Gasteiger partial charge in [-0.1, -0.05) is 5.16 Å². The van der Waals surface area contributed by atoms with Crippen molar-refractivity contribution >= 4 is 12.4 Å². The molecule has 0 radical (unpaired) electrons. The van der Waals surface area contributed by atoms with Gasteiger partial charge < -0.3 is 10.3 Å². The lowest BCUT2D eigenvalue weighted by Crippen LogP contribution is -2.06. The lowest BCUT2D eigenvalue weighted by molar-refractivity contribution is 0.391. The lowest BCUT2D eigenvalue weighted by Gasteiger charge is -2.01. The first-order chi connectivity index (χ1) is 4.63. The van der Waals surface area contributed by atoms with E-state index >= 15 is 0 Å². The summed E-state index contributed by atoms with van der Waals surface area (Å²) >= 11 is 0. The van der Waals surface area contributed by atoms with Crippen LogP contribution in [0.25, 0.3) is 0 Å². The Hall–Kier alpha value is -0.540. The van der Waals surface area contributed by atoms with E-state index in [2.05, 4.69) is 5.16 Å². The highest BCUT2D eigenvalue weighted by Crippen LogP contribution is 2.18. The van der Waals surface area contributed by atoms with E-state index in [0.717, 1.165) is 17.0 Å². The minimum atomic E-state index is 0. The van der Waals surface area contributed by atoms with E-state index in [0.29, 0.717) is 0 Å². The van der Waals surface area contributed by atoms with Crippen molar-refractivity contribution in [1.29, 1.82) is 0 Å². The predicted octanol–water partition coefficient (Wildman–Crippen LogP) is 1.73. The van der Waals surface area contributed by atoms with Gasteiger partial charge in [0.15, 0.2) is 0 Å². The molecule has 4 heteroatoms. The third kappa shape index (κ3) is 1.94. The van der Waals surface area contributed by atoms with Gasteiger partial charge in [-0.2, -0.15) is 0 Å². The summed E-state index contributed by atoms with van der Waals surface area (Å²) in [6, 6.07) is 0.0197. The molecule has 2 N–H and O–H groups in total. The Bertz CT molecular complexity index is 213. The maximum absolute atomic E-state index is 5.66. The quantitative estimate of drug-likeness (QED) is 0.709. The van der Waals surface area contributed by atoms with E-state index in [1.54, 1.807) is 0 Å². The number of halogens is 1. The molecule has 1 aromatic rings. The second-order valence-corrected chi connectivity index (χ2v) is 2.53. The lowest BCUT2D eigenvalue weighted by atomic mass is 10.1. The van der Waals surface area contributed by atoms with Gasteiger partial charge in [0.25, 0.3) is 0 Å². The standard InChI is InChI=1S/C7H12N2O.ClH/c1-4(8)7-5(2)9-10-6(7)3;/h4H,8H2,1-3H3;1H/t4-;/m0./s1. The van der Waals surface area contributed by atoms with Crippen LogP contribution >= 0.6 is 12.4 Å². The van der Waals surface area contributed by atoms with E-state index in [1.807, 2.05) is 20.8 Å². The van der Waals surface area contributed by atoms with Crippen LogP contribution in [0.1, 0.15) is 30.0 Å². The molecule has 1 aromatic heterocycles. The van der Waals surface area contributed by atoms with Gasteiger partial charge in [0.1, 0.15) is 5.76 Å². The molecule has 0 aliphatic rings. The van der Waals surface area contributed by atoms with Crippen LogP contribution < -0.4 is 5.73 Å². The topological polar surface area (TPSA) is 52.0 Å². The Morgan fingerprint density at radius 3 is 2.18 bits per heavy atom. The normalized spacial score (nSPS) is 12.4. The van der Waals surface area contributed by atoms with Crippen LogP contribution in [0.4, 0.5) is 0 Å². The zero-order chi connectivity index (χ0) is 7.72. The fourth-order valence-electron chi connectivity index (χ4n) is 1.14. The van der Waals surface area contributed by atoms with Crippen LogP contribution in [0.5, 0.6) is 0 Å². The molecule has 0 saturated carbocycles. The minimum Gasteiger partial charge on any atom is -0.361 e. The SMILES string of the molecule is Cc1noc(C)c1[C@H](C)N.Cl. The van der Waals surface area contributed by atoms with Gasteiger partial charge in [-0.15, -0.1) is 12.4 Å². The first-order valence-corrected chi connectivity index (χ1v) is 3.31. The zero-order valence-electron chi connectivity index (χ0n) is 6.92. The summed E-state index contributed by atoms with van der Waals surface area (Å²) in [6.07, 6.45) is 0. The highest BCUT2D eigenvalue weighted by atomic mass is 35.5. The fourth-order valence-corrected chi connectivity index (χ4v) is 1.14. The van der Waals surface area contributed by atoms with Gasteiger partial charge in [-0.05, 0) is 20.8 Å². The smallest absolute Gasteiger partial charge is 0.138 e. The molecule has 1 atom stereocenters. The Labute approximate surface area is 72.3 Å². The Morgan fingerprint density at radius 2 is 2.00 bits per heavy atom. The Morgan fingerprint density at radius 1 is 1.45 bits per heavy atom. The van der Waals surface area contributed by atoms with Crippen molar-refractivity contribution in [2.75, 3.05) is 0 Å². The second kappa shape index (κ2) is 3.74. The number of rotatable bonds is 1. The van der Waals surface area contributed by atoms with Crippen LogP contribution in [0.3, 0.4) is 0 Å². The number of hydrogen-bond donors (Lipinski definition) is 1. The first-order valence-electron chi connectivity index (χ1n) is 3.31. The van der Waals surface area contributed by atoms with E-state index in [-0.39, 0.29) is 18.4 Å². The van der Waals surface area contributed by atoms with Crippen LogP contribution in [0.15, 0.2) is 4.52 Å². The first kappa shape index (κ1) is 10.5. The molecule has 1 rings (SSSR count). The molecule has 0 unspecified atom stereocenters. The van der Waals surface area contributed by atoms with Crippen molar-refractivity contribution in [2.45, 2.75) is 26.8 Å². The minimum absolute atomic E-state index is 0. The molecule has 0 spiro atoms. The average Bonchev–Trinajstić information content (AvgIpc) is 2.11. The van der Waals surface area contributed by atoms with Crippen molar-refractivity contribution < 1.29 is 4.52 Å². The van der Waals surface area contributed by atoms with E-state index in [1.165, 1.54) is 0 Å². The molecule has 0 bridgehead atoms. The fraction of sp³-hybridized carbons (Fsp3) is 0.571. The van der Waals surface area contributed by atoms with E-state index in [9.17, 15) is 0 Å². The van der Waals surface area contributed by atoms with E-state index < -0.39 is 0 Å². The van der Waals surface area contributed by atoms with Gasteiger partial charge in [0.05, 0.1) is 5.69 Å². The Balaban J connectivity index is 0.000001000. The predicted molar refractivity (Wildman–Crippen MR) is 45.8 cm³/mol. The van der Waals surface area contributed by atoms with Gasteiger partial charge in [0, 0.05) is 11.6 Å². The molecular weight excluding hydrogens is 164 g/mol. The van der Waals surface area contributed by atoms with Gasteiger partial charge in [-0.25, -0.2) is 0 Å². The van der Waals surface area contributed by atoms with Gasteiger partial charge in [0.2, 0.25) is 0 Å². The second-order valence-electron chi connectivity index (χ2n) is 2.53. The van der Waals surface area contributed by atoms with Crippen molar-refractivity contribution in [1.82, 2.24) is 5.16 Å². The van der Waals surface area contributed by atoms with Gasteiger partial charge in [-0.3, -0.25) is 0 Å². The summed E-state index contributed by atoms with van der Waals surface area (Å²) in [7, 11) is 0. The molecule has 1 heterocycles. The number of aryl methyl sites for hydroxylation is 2. The molecule has 0 aromatic carbocycles. The van der Waals surface area contributed by atoms with Crippen LogP contribution in [0.2, 0.25) is 0 Å². The number of aromatic nitrogens is 1. The van der Waals surface area contributed by atoms with Crippen molar-refractivity contribution in [2.24, 2.45) is 5.73 Å². The van der Waals surface area contributed by atoms with E-state index in [4.69, 9.17) is 10.3 Å². The van der Waals surface area contributed by atoms with Crippen molar-refractivity contribution in [3.05, 3.63) is 17.0 Å². The molecule has 0 saturated heterocycles. The molecule has 64 valence electrons. The highest BCUT2D eigenvalue weighted by Gasteiger charge is 2.11. The maximum atomic E-state index is 5.66. The highest BCUT2D eigenvalue weighted by molar-refractivity contribution is 5.85. The monoisotopic (exact) mass is 176 g/mol. The molecule has 3 nitrogen and oxygen atoms in total. The van der Waals surface area contributed by atoms with Crippen molar-refractivity contribution in [3.63, 3.8) is 0 Å². The van der Waals surface area contributed by atoms with Crippen molar-refractivity contribution in [3.8, 4) is 0 Å².